The summed E-state index contributed by atoms with van der Waals surface area (Å²) in [5.74, 6) is -47.2. The van der Waals surface area contributed by atoms with Crippen LogP contribution in [0.4, 0.5) is 65.9 Å². The first-order valence-electron chi connectivity index (χ1n) is 10.1. The Hall–Kier alpha value is -0.850. The zero-order chi connectivity index (χ0) is 29.0. The number of carbonyl (C=O) groups is 1. The van der Waals surface area contributed by atoms with E-state index in [1.807, 2.05) is 12.2 Å². The first kappa shape index (κ1) is 35.2. The van der Waals surface area contributed by atoms with Gasteiger partial charge in [-0.15, -0.1) is 0 Å². The molecule has 18 heteroatoms. The highest BCUT2D eigenvalue weighted by Gasteiger charge is 2.93. The summed E-state index contributed by atoms with van der Waals surface area (Å²) in [5, 5.41) is 1.97. The van der Waals surface area contributed by atoms with Crippen LogP contribution in [0.25, 0.3) is 0 Å². The topological polar surface area (TPSA) is 29.1 Å². The Morgan fingerprint density at radius 3 is 1.53 bits per heavy atom. The van der Waals surface area contributed by atoms with E-state index in [0.717, 1.165) is 41.9 Å². The third-order valence-corrected chi connectivity index (χ3v) is 5.78. The van der Waals surface area contributed by atoms with E-state index in [9.17, 15) is 70.7 Å². The molecule has 0 radical (unpaired) electrons. The molecule has 0 spiro atoms. The minimum atomic E-state index is -8.29. The third kappa shape index (κ3) is 6.96. The van der Waals surface area contributed by atoms with Crippen molar-refractivity contribution in [1.29, 1.82) is 0 Å². The molecule has 1 amide bonds. The van der Waals surface area contributed by atoms with Crippen molar-refractivity contribution in [2.24, 2.45) is 0 Å². The Labute approximate surface area is 208 Å². The highest BCUT2D eigenvalue weighted by Crippen LogP contribution is 2.62. The summed E-state index contributed by atoms with van der Waals surface area (Å²) >= 11 is 0.907. The Morgan fingerprint density at radius 1 is 0.667 bits per heavy atom. The van der Waals surface area contributed by atoms with E-state index in [1.54, 1.807) is 0 Å². The molecule has 0 bridgehead atoms. The summed E-state index contributed by atoms with van der Waals surface area (Å²) in [6, 6.07) is 0. The van der Waals surface area contributed by atoms with Gasteiger partial charge in [0.15, 0.2) is 0 Å². The van der Waals surface area contributed by atoms with Crippen molar-refractivity contribution in [3.8, 4) is 0 Å². The van der Waals surface area contributed by atoms with Crippen LogP contribution in [-0.4, -0.2) is 58.1 Å². The number of alkyl halides is 16. The van der Waals surface area contributed by atoms with E-state index in [1.165, 1.54) is 0 Å². The van der Waals surface area contributed by atoms with Crippen LogP contribution < -0.4 is 5.32 Å². The van der Waals surface area contributed by atoms with Gasteiger partial charge in [0.25, 0.3) is 0 Å². The van der Waals surface area contributed by atoms with Crippen LogP contribution in [0.1, 0.15) is 51.9 Å². The van der Waals surface area contributed by atoms with Gasteiger partial charge < -0.3 is 5.32 Å². The highest BCUT2D eigenvalue weighted by atomic mass is 127. The quantitative estimate of drug-likeness (QED) is 0.0808. The first-order valence-corrected chi connectivity index (χ1v) is 11.3. The minimum absolute atomic E-state index is 0.133. The summed E-state index contributed by atoms with van der Waals surface area (Å²) in [7, 11) is 0. The molecular weight excluding hydrogens is 658 g/mol. The molecule has 0 aromatic rings. The van der Waals surface area contributed by atoms with Crippen LogP contribution in [-0.2, 0) is 4.79 Å². The molecule has 0 aromatic carbocycles. The molecule has 1 atom stereocenters. The average molecular weight is 679 g/mol. The van der Waals surface area contributed by atoms with Crippen LogP contribution in [0.3, 0.4) is 0 Å². The SMILES string of the molecule is CCCCCCCC(=O)NCC(I)CC(F)(F)C(F)(F)C(F)(F)C(F)(F)C(F)(F)C(F)(F)C(F)(F)F. The smallest absolute Gasteiger partial charge is 0.355 e. The summed E-state index contributed by atoms with van der Waals surface area (Å²) in [6.07, 6.45) is -6.75. The largest absolute Gasteiger partial charge is 0.460 e. The van der Waals surface area contributed by atoms with Gasteiger partial charge >= 0.3 is 41.7 Å². The molecule has 0 fully saturated rings. The maximum Gasteiger partial charge on any atom is 0.460 e. The lowest BCUT2D eigenvalue weighted by atomic mass is 9.89. The Bertz CT molecular complexity index is 724. The van der Waals surface area contributed by atoms with Crippen molar-refractivity contribution in [3.05, 3.63) is 0 Å². The maximum absolute atomic E-state index is 13.9. The molecule has 2 nitrogen and oxygen atoms in total. The standard InChI is InChI=1S/C18H21F15INO/c1-2-3-4-5-6-7-11(36)35-9-10(34)8-12(19,20)13(21,22)14(23,24)15(25,26)16(27,28)17(29,30)18(31,32)33/h10H,2-9H2,1H3,(H,35,36). The minimum Gasteiger partial charge on any atom is -0.355 e. The van der Waals surface area contributed by atoms with E-state index < -0.39 is 64.5 Å². The fourth-order valence-electron chi connectivity index (χ4n) is 2.68. The van der Waals surface area contributed by atoms with Crippen LogP contribution in [0, 0.1) is 0 Å². The zero-order valence-electron chi connectivity index (χ0n) is 18.2. The van der Waals surface area contributed by atoms with E-state index in [2.05, 4.69) is 0 Å². The van der Waals surface area contributed by atoms with Gasteiger partial charge in [-0.05, 0) is 6.42 Å². The molecule has 0 aliphatic rings. The molecule has 1 N–H and O–H groups in total. The molecule has 216 valence electrons. The molecule has 0 aliphatic carbocycles. The van der Waals surface area contributed by atoms with E-state index in [0.29, 0.717) is 12.8 Å². The maximum atomic E-state index is 13.9. The highest BCUT2D eigenvalue weighted by molar-refractivity contribution is 14.1. The number of hydrogen-bond donors (Lipinski definition) is 1. The second kappa shape index (κ2) is 11.9. The Morgan fingerprint density at radius 2 is 1.08 bits per heavy atom. The number of rotatable bonds is 15. The van der Waals surface area contributed by atoms with E-state index in [-0.39, 0.29) is 6.42 Å². The number of hydrogen-bond acceptors (Lipinski definition) is 1. The lowest BCUT2D eigenvalue weighted by molar-refractivity contribution is -0.452. The van der Waals surface area contributed by atoms with Crippen molar-refractivity contribution in [3.63, 3.8) is 0 Å². The molecule has 0 aliphatic heterocycles. The molecule has 0 saturated heterocycles. The summed E-state index contributed by atoms with van der Waals surface area (Å²) in [5.41, 5.74) is 0. The number of halogens is 16. The fraction of sp³-hybridized carbons (Fsp3) is 0.944. The monoisotopic (exact) mass is 679 g/mol. The number of unbranched alkanes of at least 4 members (excludes halogenated alkanes) is 4. The van der Waals surface area contributed by atoms with Gasteiger partial charge in [0.05, 0.1) is 0 Å². The van der Waals surface area contributed by atoms with Gasteiger partial charge in [0.2, 0.25) is 5.91 Å². The second-order valence-electron chi connectivity index (χ2n) is 7.84. The first-order chi connectivity index (χ1) is 15.8. The predicted molar refractivity (Wildman–Crippen MR) is 105 cm³/mol. The van der Waals surface area contributed by atoms with Crippen LogP contribution in [0.5, 0.6) is 0 Å². The molecule has 0 aromatic heterocycles. The normalized spacial score (nSPS) is 15.7. The lowest BCUT2D eigenvalue weighted by Crippen LogP contribution is -2.72. The number of amides is 1. The van der Waals surface area contributed by atoms with Crippen molar-refractivity contribution >= 4 is 28.5 Å². The fourth-order valence-corrected chi connectivity index (χ4v) is 3.45. The van der Waals surface area contributed by atoms with Crippen LogP contribution in [0.2, 0.25) is 0 Å². The summed E-state index contributed by atoms with van der Waals surface area (Å²) in [6.45, 7) is 1.01. The van der Waals surface area contributed by atoms with Crippen molar-refractivity contribution in [1.82, 2.24) is 5.32 Å². The van der Waals surface area contributed by atoms with Crippen molar-refractivity contribution in [2.75, 3.05) is 6.54 Å². The van der Waals surface area contributed by atoms with Gasteiger partial charge in [-0.25, -0.2) is 0 Å². The molecule has 36 heavy (non-hydrogen) atoms. The molecule has 1 unspecified atom stereocenters. The van der Waals surface area contributed by atoms with E-state index in [4.69, 9.17) is 0 Å². The average Bonchev–Trinajstić information content (AvgIpc) is 2.70. The number of nitrogens with one attached hydrogen (secondary N) is 1. The predicted octanol–water partition coefficient (Wildman–Crippen LogP) is 8.03. The molecule has 0 heterocycles. The van der Waals surface area contributed by atoms with Crippen LogP contribution >= 0.6 is 22.6 Å². The van der Waals surface area contributed by atoms with Gasteiger partial charge in [-0.2, -0.15) is 65.9 Å². The van der Waals surface area contributed by atoms with Gasteiger partial charge in [-0.3, -0.25) is 4.79 Å². The lowest BCUT2D eigenvalue weighted by Gasteiger charge is -2.41. The third-order valence-electron chi connectivity index (χ3n) is 4.90. The van der Waals surface area contributed by atoms with Crippen molar-refractivity contribution in [2.45, 2.75) is 97.5 Å². The van der Waals surface area contributed by atoms with Crippen LogP contribution in [0.15, 0.2) is 0 Å². The second-order valence-corrected chi connectivity index (χ2v) is 9.61. The number of carbonyl (C=O) groups excluding carboxylic acids is 1. The van der Waals surface area contributed by atoms with Gasteiger partial charge in [0, 0.05) is 23.3 Å². The molecular formula is C18H21F15INO. The van der Waals surface area contributed by atoms with Crippen molar-refractivity contribution < 1.29 is 70.7 Å². The van der Waals surface area contributed by atoms with Gasteiger partial charge in [0.1, 0.15) is 0 Å². The summed E-state index contributed by atoms with van der Waals surface area (Å²) in [4.78, 5) is 11.6. The Balaban J connectivity index is 5.58. The zero-order valence-corrected chi connectivity index (χ0v) is 20.3. The molecule has 0 saturated carbocycles. The Kier molecular flexibility index (Phi) is 11.6. The molecule has 0 rings (SSSR count). The van der Waals surface area contributed by atoms with E-state index >= 15 is 0 Å². The summed E-state index contributed by atoms with van der Waals surface area (Å²) < 4.78 is 196. The van der Waals surface area contributed by atoms with Gasteiger partial charge in [-0.1, -0.05) is 55.2 Å².